The third-order valence-electron chi connectivity index (χ3n) is 4.40. The predicted molar refractivity (Wildman–Crippen MR) is 86.5 cm³/mol. The van der Waals surface area contributed by atoms with E-state index < -0.39 is 10.2 Å². The van der Waals surface area contributed by atoms with Crippen molar-refractivity contribution in [1.29, 1.82) is 0 Å². The second kappa shape index (κ2) is 7.75. The maximum atomic E-state index is 12.8. The van der Waals surface area contributed by atoms with Gasteiger partial charge in [-0.15, -0.1) is 0 Å². The average molecular weight is 331 g/mol. The quantitative estimate of drug-likeness (QED) is 0.845. The number of amides is 1. The molecule has 0 aromatic heterocycles. The van der Waals surface area contributed by atoms with Crippen LogP contribution in [0.4, 0.5) is 0 Å². The molecule has 1 atom stereocenters. The van der Waals surface area contributed by atoms with E-state index in [0.29, 0.717) is 26.2 Å². The molecule has 2 fully saturated rings. The van der Waals surface area contributed by atoms with Gasteiger partial charge in [0.1, 0.15) is 0 Å². The Hall–Kier alpha value is -0.660. The van der Waals surface area contributed by atoms with Gasteiger partial charge in [-0.1, -0.05) is 12.8 Å². The summed E-state index contributed by atoms with van der Waals surface area (Å²) in [7, 11) is -3.42. The molecule has 0 bridgehead atoms. The van der Waals surface area contributed by atoms with Crippen molar-refractivity contribution in [2.75, 3.05) is 26.2 Å². The molecule has 0 aliphatic carbocycles. The van der Waals surface area contributed by atoms with Crippen LogP contribution in [-0.4, -0.2) is 55.2 Å². The third-order valence-corrected chi connectivity index (χ3v) is 6.41. The minimum Gasteiger partial charge on any atom is -0.354 e. The SMILES string of the molecule is CC(C)NC(=O)[C@@H]1CCCN(S(=O)(=O)N2CCCCCC2)C1. The fraction of sp³-hybridized carbons (Fsp3) is 0.933. The van der Waals surface area contributed by atoms with Crippen LogP contribution >= 0.6 is 0 Å². The largest absolute Gasteiger partial charge is 0.354 e. The van der Waals surface area contributed by atoms with E-state index in [1.54, 1.807) is 4.31 Å². The lowest BCUT2D eigenvalue weighted by Crippen LogP contribution is -2.51. The summed E-state index contributed by atoms with van der Waals surface area (Å²) in [5.74, 6) is -0.247. The molecule has 2 saturated heterocycles. The second-order valence-electron chi connectivity index (χ2n) is 6.68. The van der Waals surface area contributed by atoms with Crippen LogP contribution in [0.2, 0.25) is 0 Å². The number of piperidine rings is 1. The summed E-state index contributed by atoms with van der Waals surface area (Å²) in [6.07, 6.45) is 5.60. The lowest BCUT2D eigenvalue weighted by molar-refractivity contribution is -0.126. The second-order valence-corrected chi connectivity index (χ2v) is 8.61. The lowest BCUT2D eigenvalue weighted by Gasteiger charge is -2.35. The van der Waals surface area contributed by atoms with Crippen molar-refractivity contribution in [2.45, 2.75) is 58.4 Å². The number of rotatable bonds is 4. The smallest absolute Gasteiger partial charge is 0.281 e. The molecule has 2 aliphatic rings. The molecule has 7 heteroatoms. The van der Waals surface area contributed by atoms with Gasteiger partial charge in [-0.25, -0.2) is 0 Å². The summed E-state index contributed by atoms with van der Waals surface area (Å²) < 4.78 is 28.7. The van der Waals surface area contributed by atoms with Crippen LogP contribution in [0.5, 0.6) is 0 Å². The van der Waals surface area contributed by atoms with Crippen molar-refractivity contribution >= 4 is 16.1 Å². The Morgan fingerprint density at radius 2 is 1.59 bits per heavy atom. The first-order chi connectivity index (χ1) is 10.4. The zero-order valence-corrected chi connectivity index (χ0v) is 14.6. The van der Waals surface area contributed by atoms with Gasteiger partial charge in [-0.2, -0.15) is 17.0 Å². The predicted octanol–water partition coefficient (Wildman–Crippen LogP) is 1.34. The molecule has 0 aromatic rings. The van der Waals surface area contributed by atoms with E-state index in [1.807, 2.05) is 13.8 Å². The van der Waals surface area contributed by atoms with Gasteiger partial charge in [0, 0.05) is 32.2 Å². The summed E-state index contributed by atoms with van der Waals surface area (Å²) in [6.45, 7) is 5.92. The highest BCUT2D eigenvalue weighted by Crippen LogP contribution is 2.23. The highest BCUT2D eigenvalue weighted by Gasteiger charge is 2.35. The number of hydrogen-bond donors (Lipinski definition) is 1. The van der Waals surface area contributed by atoms with Crippen molar-refractivity contribution in [3.8, 4) is 0 Å². The molecule has 2 heterocycles. The van der Waals surface area contributed by atoms with Crippen molar-refractivity contribution in [2.24, 2.45) is 5.92 Å². The van der Waals surface area contributed by atoms with Gasteiger partial charge >= 0.3 is 0 Å². The lowest BCUT2D eigenvalue weighted by atomic mass is 9.98. The van der Waals surface area contributed by atoms with E-state index in [-0.39, 0.29) is 17.9 Å². The number of carbonyl (C=O) groups is 1. The van der Waals surface area contributed by atoms with E-state index in [9.17, 15) is 13.2 Å². The molecule has 0 unspecified atom stereocenters. The molecule has 0 radical (unpaired) electrons. The maximum absolute atomic E-state index is 12.8. The molecule has 22 heavy (non-hydrogen) atoms. The van der Waals surface area contributed by atoms with Crippen LogP contribution < -0.4 is 5.32 Å². The molecule has 2 aliphatic heterocycles. The highest BCUT2D eigenvalue weighted by molar-refractivity contribution is 7.86. The first kappa shape index (κ1) is 17.7. The Morgan fingerprint density at radius 1 is 1.00 bits per heavy atom. The van der Waals surface area contributed by atoms with Gasteiger partial charge in [0.15, 0.2) is 0 Å². The Bertz CT molecular complexity index is 470. The number of nitrogens with zero attached hydrogens (tertiary/aromatic N) is 2. The molecular weight excluding hydrogens is 302 g/mol. The van der Waals surface area contributed by atoms with Crippen molar-refractivity contribution in [3.05, 3.63) is 0 Å². The van der Waals surface area contributed by atoms with Crippen LogP contribution in [0.3, 0.4) is 0 Å². The zero-order chi connectivity index (χ0) is 16.2. The van der Waals surface area contributed by atoms with E-state index >= 15 is 0 Å². The van der Waals surface area contributed by atoms with Crippen LogP contribution in [0.15, 0.2) is 0 Å². The fourth-order valence-electron chi connectivity index (χ4n) is 3.20. The monoisotopic (exact) mass is 331 g/mol. The molecule has 0 saturated carbocycles. The molecule has 0 aromatic carbocycles. The minimum atomic E-state index is -3.42. The first-order valence-corrected chi connectivity index (χ1v) is 9.86. The summed E-state index contributed by atoms with van der Waals surface area (Å²) in [5, 5.41) is 2.90. The number of carbonyl (C=O) groups excluding carboxylic acids is 1. The molecule has 6 nitrogen and oxygen atoms in total. The number of nitrogens with one attached hydrogen (secondary N) is 1. The molecule has 2 rings (SSSR count). The van der Waals surface area contributed by atoms with Gasteiger partial charge in [0.2, 0.25) is 5.91 Å². The Kier molecular flexibility index (Phi) is 6.23. The Labute approximate surface area is 134 Å². The standard InChI is InChI=1S/C15H29N3O3S/c1-13(2)16-15(19)14-8-7-11-18(12-14)22(20,21)17-9-5-3-4-6-10-17/h13-14H,3-12H2,1-2H3,(H,16,19)/t14-/m1/s1. The van der Waals surface area contributed by atoms with Crippen LogP contribution in [0.25, 0.3) is 0 Å². The van der Waals surface area contributed by atoms with Crippen LogP contribution in [-0.2, 0) is 15.0 Å². The average Bonchev–Trinajstić information content (AvgIpc) is 2.76. The minimum absolute atomic E-state index is 0.0224. The summed E-state index contributed by atoms with van der Waals surface area (Å²) >= 11 is 0. The normalized spacial score (nSPS) is 25.9. The molecular formula is C15H29N3O3S. The molecule has 1 N–H and O–H groups in total. The highest BCUT2D eigenvalue weighted by atomic mass is 32.2. The summed E-state index contributed by atoms with van der Waals surface area (Å²) in [4.78, 5) is 12.2. The first-order valence-electron chi connectivity index (χ1n) is 8.47. The maximum Gasteiger partial charge on any atom is 0.281 e. The van der Waals surface area contributed by atoms with E-state index in [2.05, 4.69) is 5.32 Å². The summed E-state index contributed by atoms with van der Waals surface area (Å²) in [5.41, 5.74) is 0. The van der Waals surface area contributed by atoms with Crippen molar-refractivity contribution in [3.63, 3.8) is 0 Å². The third kappa shape index (κ3) is 4.43. The van der Waals surface area contributed by atoms with Gasteiger partial charge in [-0.3, -0.25) is 4.79 Å². The molecule has 1 amide bonds. The topological polar surface area (TPSA) is 69.7 Å². The van der Waals surface area contributed by atoms with Gasteiger partial charge < -0.3 is 5.32 Å². The fourth-order valence-corrected chi connectivity index (χ4v) is 4.98. The van der Waals surface area contributed by atoms with E-state index in [1.165, 1.54) is 4.31 Å². The molecule has 0 spiro atoms. The van der Waals surface area contributed by atoms with E-state index in [0.717, 1.165) is 38.5 Å². The zero-order valence-electron chi connectivity index (χ0n) is 13.8. The van der Waals surface area contributed by atoms with Crippen LogP contribution in [0.1, 0.15) is 52.4 Å². The Balaban J connectivity index is 2.02. The van der Waals surface area contributed by atoms with Gasteiger partial charge in [0.25, 0.3) is 10.2 Å². The summed E-state index contributed by atoms with van der Waals surface area (Å²) in [6, 6.07) is 0.0880. The Morgan fingerprint density at radius 3 is 2.18 bits per heavy atom. The van der Waals surface area contributed by atoms with Crippen molar-refractivity contribution in [1.82, 2.24) is 13.9 Å². The van der Waals surface area contributed by atoms with Gasteiger partial charge in [0.05, 0.1) is 5.92 Å². The van der Waals surface area contributed by atoms with Crippen LogP contribution in [0, 0.1) is 5.92 Å². The van der Waals surface area contributed by atoms with Gasteiger partial charge in [-0.05, 0) is 39.5 Å². The van der Waals surface area contributed by atoms with E-state index in [4.69, 9.17) is 0 Å². The number of hydrogen-bond acceptors (Lipinski definition) is 3. The molecule has 128 valence electrons. The van der Waals surface area contributed by atoms with Crippen molar-refractivity contribution < 1.29 is 13.2 Å².